The van der Waals surface area contributed by atoms with Crippen molar-refractivity contribution in [2.45, 2.75) is 39.3 Å². The van der Waals surface area contributed by atoms with Crippen LogP contribution in [0, 0.1) is 5.92 Å². The van der Waals surface area contributed by atoms with Gasteiger partial charge in [-0.15, -0.1) is 0 Å². The molecule has 0 amide bonds. The summed E-state index contributed by atoms with van der Waals surface area (Å²) < 4.78 is 0. The normalized spacial score (nSPS) is 24.6. The third-order valence-corrected chi connectivity index (χ3v) is 4.21. The predicted octanol–water partition coefficient (Wildman–Crippen LogP) is 3.55. The Bertz CT molecular complexity index is 392. The minimum atomic E-state index is 0.542. The Morgan fingerprint density at radius 3 is 2.72 bits per heavy atom. The number of nitrogens with zero attached hydrogens (tertiary/aromatic N) is 1. The van der Waals surface area contributed by atoms with Crippen LogP contribution in [0.2, 0.25) is 5.02 Å². The number of para-hydroxylation sites is 1. The van der Waals surface area contributed by atoms with Crippen molar-refractivity contribution >= 4 is 17.3 Å². The second-order valence-electron chi connectivity index (χ2n) is 5.42. The standard InChI is InChI=1S/C15H23ClN2/c1-4-12-9-17-14(11(2)3)10-18(12)15-8-6-5-7-13(15)16/h5-8,11-12,14,17H,4,9-10H2,1-3H3. The van der Waals surface area contributed by atoms with Gasteiger partial charge in [0, 0.05) is 25.2 Å². The van der Waals surface area contributed by atoms with Crippen LogP contribution < -0.4 is 10.2 Å². The van der Waals surface area contributed by atoms with Crippen LogP contribution in [0.1, 0.15) is 27.2 Å². The number of anilines is 1. The molecule has 0 radical (unpaired) electrons. The summed E-state index contributed by atoms with van der Waals surface area (Å²) in [5, 5.41) is 4.52. The van der Waals surface area contributed by atoms with Gasteiger partial charge in [0.2, 0.25) is 0 Å². The summed E-state index contributed by atoms with van der Waals surface area (Å²) in [6, 6.07) is 9.27. The van der Waals surface area contributed by atoms with Gasteiger partial charge in [-0.25, -0.2) is 0 Å². The Morgan fingerprint density at radius 2 is 2.11 bits per heavy atom. The quantitative estimate of drug-likeness (QED) is 0.900. The van der Waals surface area contributed by atoms with Crippen LogP contribution in [0.3, 0.4) is 0 Å². The molecular weight excluding hydrogens is 244 g/mol. The zero-order valence-corrected chi connectivity index (χ0v) is 12.2. The molecule has 3 heteroatoms. The zero-order chi connectivity index (χ0) is 13.1. The molecule has 1 heterocycles. The van der Waals surface area contributed by atoms with Gasteiger partial charge in [0.1, 0.15) is 0 Å². The van der Waals surface area contributed by atoms with Crippen LogP contribution in [0.4, 0.5) is 5.69 Å². The van der Waals surface area contributed by atoms with Crippen molar-refractivity contribution in [2.24, 2.45) is 5.92 Å². The average molecular weight is 267 g/mol. The summed E-state index contributed by atoms with van der Waals surface area (Å²) in [5.74, 6) is 0.646. The van der Waals surface area contributed by atoms with Gasteiger partial charge in [0.05, 0.1) is 10.7 Å². The molecule has 1 saturated heterocycles. The minimum absolute atomic E-state index is 0.542. The van der Waals surface area contributed by atoms with Crippen LogP contribution in [0.15, 0.2) is 24.3 Å². The van der Waals surface area contributed by atoms with Crippen molar-refractivity contribution in [2.75, 3.05) is 18.0 Å². The molecule has 1 aromatic rings. The Morgan fingerprint density at radius 1 is 1.39 bits per heavy atom. The lowest BCUT2D eigenvalue weighted by Gasteiger charge is -2.43. The van der Waals surface area contributed by atoms with Gasteiger partial charge >= 0.3 is 0 Å². The van der Waals surface area contributed by atoms with Gasteiger partial charge in [-0.2, -0.15) is 0 Å². The van der Waals surface area contributed by atoms with E-state index in [0.29, 0.717) is 18.0 Å². The van der Waals surface area contributed by atoms with Crippen LogP contribution >= 0.6 is 11.6 Å². The molecular formula is C15H23ClN2. The number of hydrogen-bond donors (Lipinski definition) is 1. The summed E-state index contributed by atoms with van der Waals surface area (Å²) in [6.45, 7) is 8.87. The molecule has 2 unspecified atom stereocenters. The maximum atomic E-state index is 6.35. The molecule has 1 aliphatic rings. The van der Waals surface area contributed by atoms with Gasteiger partial charge in [-0.1, -0.05) is 44.5 Å². The number of rotatable bonds is 3. The number of halogens is 1. The van der Waals surface area contributed by atoms with E-state index in [1.165, 1.54) is 5.69 Å². The summed E-state index contributed by atoms with van der Waals surface area (Å²) in [5.41, 5.74) is 1.18. The Kier molecular flexibility index (Phi) is 4.52. The average Bonchev–Trinajstić information content (AvgIpc) is 2.38. The first-order chi connectivity index (χ1) is 8.63. The molecule has 18 heavy (non-hydrogen) atoms. The smallest absolute Gasteiger partial charge is 0.0639 e. The fourth-order valence-corrected chi connectivity index (χ4v) is 2.86. The molecule has 0 bridgehead atoms. The Balaban J connectivity index is 2.24. The first-order valence-electron chi connectivity index (χ1n) is 6.88. The number of benzene rings is 1. The van der Waals surface area contributed by atoms with Crippen molar-refractivity contribution in [3.05, 3.63) is 29.3 Å². The van der Waals surface area contributed by atoms with Crippen LogP contribution in [-0.4, -0.2) is 25.2 Å². The topological polar surface area (TPSA) is 15.3 Å². The van der Waals surface area contributed by atoms with Gasteiger partial charge in [-0.3, -0.25) is 0 Å². The Labute approximate surface area is 115 Å². The lowest BCUT2D eigenvalue weighted by Crippen LogP contribution is -2.58. The van der Waals surface area contributed by atoms with Crippen LogP contribution in [-0.2, 0) is 0 Å². The molecule has 1 aliphatic heterocycles. The lowest BCUT2D eigenvalue weighted by atomic mass is 9.98. The molecule has 1 N–H and O–H groups in total. The number of hydrogen-bond acceptors (Lipinski definition) is 2. The monoisotopic (exact) mass is 266 g/mol. The van der Waals surface area contributed by atoms with E-state index in [9.17, 15) is 0 Å². The van der Waals surface area contributed by atoms with Crippen molar-refractivity contribution in [3.63, 3.8) is 0 Å². The molecule has 0 spiro atoms. The van der Waals surface area contributed by atoms with Gasteiger partial charge in [0.15, 0.2) is 0 Å². The van der Waals surface area contributed by atoms with E-state index >= 15 is 0 Å². The molecule has 0 aliphatic carbocycles. The maximum absolute atomic E-state index is 6.35. The fourth-order valence-electron chi connectivity index (χ4n) is 2.61. The lowest BCUT2D eigenvalue weighted by molar-refractivity contribution is 0.325. The molecule has 2 rings (SSSR count). The first kappa shape index (κ1) is 13.7. The van der Waals surface area contributed by atoms with Crippen molar-refractivity contribution < 1.29 is 0 Å². The second-order valence-corrected chi connectivity index (χ2v) is 5.83. The molecule has 1 aromatic carbocycles. The maximum Gasteiger partial charge on any atom is 0.0639 e. The largest absolute Gasteiger partial charge is 0.365 e. The molecule has 1 fully saturated rings. The summed E-state index contributed by atoms with van der Waals surface area (Å²) >= 11 is 6.35. The summed E-state index contributed by atoms with van der Waals surface area (Å²) in [4.78, 5) is 2.48. The predicted molar refractivity (Wildman–Crippen MR) is 79.5 cm³/mol. The van der Waals surface area contributed by atoms with E-state index < -0.39 is 0 Å². The first-order valence-corrected chi connectivity index (χ1v) is 7.25. The summed E-state index contributed by atoms with van der Waals surface area (Å²) in [6.07, 6.45) is 1.14. The van der Waals surface area contributed by atoms with E-state index in [1.54, 1.807) is 0 Å². The van der Waals surface area contributed by atoms with E-state index in [0.717, 1.165) is 24.5 Å². The van der Waals surface area contributed by atoms with E-state index in [-0.39, 0.29) is 0 Å². The highest BCUT2D eigenvalue weighted by molar-refractivity contribution is 6.33. The van der Waals surface area contributed by atoms with Crippen molar-refractivity contribution in [3.8, 4) is 0 Å². The van der Waals surface area contributed by atoms with Crippen molar-refractivity contribution in [1.82, 2.24) is 5.32 Å². The number of nitrogens with one attached hydrogen (secondary N) is 1. The highest BCUT2D eigenvalue weighted by Gasteiger charge is 2.29. The highest BCUT2D eigenvalue weighted by atomic mass is 35.5. The van der Waals surface area contributed by atoms with Crippen molar-refractivity contribution in [1.29, 1.82) is 0 Å². The third-order valence-electron chi connectivity index (χ3n) is 3.89. The van der Waals surface area contributed by atoms with E-state index in [2.05, 4.69) is 43.1 Å². The third kappa shape index (κ3) is 2.81. The Hall–Kier alpha value is -0.730. The van der Waals surface area contributed by atoms with Gasteiger partial charge in [-0.05, 0) is 24.5 Å². The fraction of sp³-hybridized carbons (Fsp3) is 0.600. The van der Waals surface area contributed by atoms with Gasteiger partial charge < -0.3 is 10.2 Å². The van der Waals surface area contributed by atoms with E-state index in [4.69, 9.17) is 11.6 Å². The van der Waals surface area contributed by atoms with E-state index in [1.807, 2.05) is 12.1 Å². The molecule has 2 atom stereocenters. The SMILES string of the molecule is CCC1CNC(C(C)C)CN1c1ccccc1Cl. The second kappa shape index (κ2) is 5.94. The highest BCUT2D eigenvalue weighted by Crippen LogP contribution is 2.29. The van der Waals surface area contributed by atoms with Crippen LogP contribution in [0.25, 0.3) is 0 Å². The molecule has 0 aromatic heterocycles. The number of piperazine rings is 1. The minimum Gasteiger partial charge on any atom is -0.365 e. The summed E-state index contributed by atoms with van der Waals surface area (Å²) in [7, 11) is 0. The molecule has 100 valence electrons. The molecule has 0 saturated carbocycles. The zero-order valence-electron chi connectivity index (χ0n) is 11.5. The molecule has 2 nitrogen and oxygen atoms in total. The van der Waals surface area contributed by atoms with Gasteiger partial charge in [0.25, 0.3) is 0 Å². The van der Waals surface area contributed by atoms with Crippen LogP contribution in [0.5, 0.6) is 0 Å².